The summed E-state index contributed by atoms with van der Waals surface area (Å²) in [6.45, 7) is 1.39. The molecular formula is C13H20N2O2. The number of rotatable bonds is 6. The lowest BCUT2D eigenvalue weighted by Gasteiger charge is -2.11. The third-order valence-corrected chi connectivity index (χ3v) is 2.52. The van der Waals surface area contributed by atoms with Crippen LogP contribution in [0, 0.1) is 0 Å². The monoisotopic (exact) mass is 236 g/mol. The number of nitrogens with zero attached hydrogens (tertiary/aromatic N) is 1. The summed E-state index contributed by atoms with van der Waals surface area (Å²) in [4.78, 5) is 12.9. The van der Waals surface area contributed by atoms with E-state index in [9.17, 15) is 4.79 Å². The van der Waals surface area contributed by atoms with Gasteiger partial charge in [0, 0.05) is 39.2 Å². The Balaban J connectivity index is 2.33. The number of ether oxygens (including phenoxy) is 1. The van der Waals surface area contributed by atoms with Gasteiger partial charge in [-0.15, -0.1) is 0 Å². The SMILES string of the molecule is COc1ccccc1CNCCC(=O)N(C)C. The Bertz CT molecular complexity index is 364. The first-order chi connectivity index (χ1) is 8.15. The number of nitrogens with one attached hydrogen (secondary N) is 1. The van der Waals surface area contributed by atoms with E-state index in [1.807, 2.05) is 24.3 Å². The number of para-hydroxylation sites is 1. The van der Waals surface area contributed by atoms with Crippen LogP contribution >= 0.6 is 0 Å². The third-order valence-electron chi connectivity index (χ3n) is 2.52. The summed E-state index contributed by atoms with van der Waals surface area (Å²) < 4.78 is 5.25. The number of benzene rings is 1. The maximum atomic E-state index is 11.3. The molecule has 0 aromatic heterocycles. The van der Waals surface area contributed by atoms with E-state index in [1.54, 1.807) is 26.1 Å². The molecule has 4 heteroatoms. The summed E-state index contributed by atoms with van der Waals surface area (Å²) in [7, 11) is 5.19. The fraction of sp³-hybridized carbons (Fsp3) is 0.462. The predicted molar refractivity (Wildman–Crippen MR) is 68.0 cm³/mol. The molecule has 0 unspecified atom stereocenters. The Kier molecular flexibility index (Phi) is 5.49. The Morgan fingerprint density at radius 3 is 2.71 bits per heavy atom. The molecule has 0 heterocycles. The van der Waals surface area contributed by atoms with Gasteiger partial charge in [0.05, 0.1) is 7.11 Å². The zero-order valence-electron chi connectivity index (χ0n) is 10.7. The van der Waals surface area contributed by atoms with E-state index in [0.29, 0.717) is 19.5 Å². The molecule has 0 atom stereocenters. The van der Waals surface area contributed by atoms with Crippen LogP contribution in [-0.4, -0.2) is 38.6 Å². The van der Waals surface area contributed by atoms with Crippen LogP contribution in [0.15, 0.2) is 24.3 Å². The average molecular weight is 236 g/mol. The van der Waals surface area contributed by atoms with Crippen molar-refractivity contribution in [2.75, 3.05) is 27.7 Å². The van der Waals surface area contributed by atoms with Crippen LogP contribution in [0.3, 0.4) is 0 Å². The average Bonchev–Trinajstić information content (AvgIpc) is 2.34. The van der Waals surface area contributed by atoms with Gasteiger partial charge >= 0.3 is 0 Å². The van der Waals surface area contributed by atoms with Crippen molar-refractivity contribution in [1.82, 2.24) is 10.2 Å². The van der Waals surface area contributed by atoms with Gasteiger partial charge in [0.2, 0.25) is 5.91 Å². The smallest absolute Gasteiger partial charge is 0.223 e. The van der Waals surface area contributed by atoms with Crippen molar-refractivity contribution in [3.63, 3.8) is 0 Å². The van der Waals surface area contributed by atoms with Crippen molar-refractivity contribution in [3.8, 4) is 5.75 Å². The minimum Gasteiger partial charge on any atom is -0.496 e. The summed E-state index contributed by atoms with van der Waals surface area (Å²) in [5, 5.41) is 3.23. The van der Waals surface area contributed by atoms with Gasteiger partial charge in [-0.25, -0.2) is 0 Å². The lowest BCUT2D eigenvalue weighted by Crippen LogP contribution is -2.26. The van der Waals surface area contributed by atoms with Crippen LogP contribution < -0.4 is 10.1 Å². The number of hydrogen-bond donors (Lipinski definition) is 1. The molecule has 0 aliphatic heterocycles. The molecule has 1 N–H and O–H groups in total. The second-order valence-electron chi connectivity index (χ2n) is 4.03. The van der Waals surface area contributed by atoms with Crippen molar-refractivity contribution in [2.45, 2.75) is 13.0 Å². The second-order valence-corrected chi connectivity index (χ2v) is 4.03. The van der Waals surface area contributed by atoms with Gasteiger partial charge in [-0.1, -0.05) is 18.2 Å². The Morgan fingerprint density at radius 2 is 2.06 bits per heavy atom. The van der Waals surface area contributed by atoms with Gasteiger partial charge in [0.25, 0.3) is 0 Å². The fourth-order valence-corrected chi connectivity index (χ4v) is 1.49. The van der Waals surface area contributed by atoms with E-state index in [4.69, 9.17) is 4.74 Å². The molecule has 1 amide bonds. The maximum absolute atomic E-state index is 11.3. The first-order valence-corrected chi connectivity index (χ1v) is 5.68. The predicted octanol–water partition coefficient (Wildman–Crippen LogP) is 1.26. The van der Waals surface area contributed by atoms with Crippen LogP contribution in [0.4, 0.5) is 0 Å². The standard InChI is InChI=1S/C13H20N2O2/c1-15(2)13(16)8-9-14-10-11-6-4-5-7-12(11)17-3/h4-7,14H,8-10H2,1-3H3. The lowest BCUT2D eigenvalue weighted by atomic mass is 10.2. The molecule has 0 bridgehead atoms. The zero-order chi connectivity index (χ0) is 12.7. The highest BCUT2D eigenvalue weighted by atomic mass is 16.5. The molecule has 0 aliphatic carbocycles. The second kappa shape index (κ2) is 6.91. The molecule has 4 nitrogen and oxygen atoms in total. The number of hydrogen-bond acceptors (Lipinski definition) is 3. The van der Waals surface area contributed by atoms with Crippen LogP contribution in [0.25, 0.3) is 0 Å². The van der Waals surface area contributed by atoms with Gasteiger partial charge in [0.1, 0.15) is 5.75 Å². The topological polar surface area (TPSA) is 41.6 Å². The normalized spacial score (nSPS) is 10.1. The zero-order valence-corrected chi connectivity index (χ0v) is 10.7. The first kappa shape index (κ1) is 13.5. The Hall–Kier alpha value is -1.55. The molecule has 0 fully saturated rings. The quantitative estimate of drug-likeness (QED) is 0.756. The number of methoxy groups -OCH3 is 1. The molecule has 0 spiro atoms. The van der Waals surface area contributed by atoms with Crippen molar-refractivity contribution >= 4 is 5.91 Å². The highest BCUT2D eigenvalue weighted by Crippen LogP contribution is 2.16. The summed E-state index contributed by atoms with van der Waals surface area (Å²) in [6, 6.07) is 7.87. The molecule has 0 saturated carbocycles. The minimum absolute atomic E-state index is 0.137. The maximum Gasteiger partial charge on any atom is 0.223 e. The molecule has 1 rings (SSSR count). The van der Waals surface area contributed by atoms with Crippen molar-refractivity contribution < 1.29 is 9.53 Å². The van der Waals surface area contributed by atoms with E-state index in [2.05, 4.69) is 5.32 Å². The van der Waals surface area contributed by atoms with E-state index in [-0.39, 0.29) is 5.91 Å². The molecule has 0 radical (unpaired) electrons. The Morgan fingerprint density at radius 1 is 1.35 bits per heavy atom. The van der Waals surface area contributed by atoms with Gasteiger partial charge in [0.15, 0.2) is 0 Å². The van der Waals surface area contributed by atoms with E-state index >= 15 is 0 Å². The largest absolute Gasteiger partial charge is 0.496 e. The molecule has 0 saturated heterocycles. The van der Waals surface area contributed by atoms with Crippen LogP contribution in [0.1, 0.15) is 12.0 Å². The van der Waals surface area contributed by atoms with Crippen molar-refractivity contribution in [3.05, 3.63) is 29.8 Å². The Labute approximate surface area is 103 Å². The van der Waals surface area contributed by atoms with E-state index in [1.165, 1.54) is 0 Å². The lowest BCUT2D eigenvalue weighted by molar-refractivity contribution is -0.128. The van der Waals surface area contributed by atoms with Gasteiger partial charge in [-0.3, -0.25) is 4.79 Å². The third kappa shape index (κ3) is 4.44. The highest BCUT2D eigenvalue weighted by Gasteiger charge is 2.04. The van der Waals surface area contributed by atoms with Crippen LogP contribution in [0.2, 0.25) is 0 Å². The van der Waals surface area contributed by atoms with Crippen molar-refractivity contribution in [1.29, 1.82) is 0 Å². The summed E-state index contributed by atoms with van der Waals surface area (Å²) in [5.74, 6) is 1.01. The van der Waals surface area contributed by atoms with Gasteiger partial charge in [-0.2, -0.15) is 0 Å². The minimum atomic E-state index is 0.137. The van der Waals surface area contributed by atoms with E-state index < -0.39 is 0 Å². The van der Waals surface area contributed by atoms with Crippen LogP contribution in [-0.2, 0) is 11.3 Å². The molecule has 0 aliphatic rings. The number of carbonyl (C=O) groups excluding carboxylic acids is 1. The highest BCUT2D eigenvalue weighted by molar-refractivity contribution is 5.75. The number of carbonyl (C=O) groups is 1. The molecule has 17 heavy (non-hydrogen) atoms. The summed E-state index contributed by atoms with van der Waals surface area (Å²) >= 11 is 0. The summed E-state index contributed by atoms with van der Waals surface area (Å²) in [6.07, 6.45) is 0.516. The molecule has 1 aromatic carbocycles. The molecule has 94 valence electrons. The van der Waals surface area contributed by atoms with Gasteiger partial charge < -0.3 is 15.0 Å². The van der Waals surface area contributed by atoms with Gasteiger partial charge in [-0.05, 0) is 6.07 Å². The van der Waals surface area contributed by atoms with E-state index in [0.717, 1.165) is 11.3 Å². The first-order valence-electron chi connectivity index (χ1n) is 5.68. The number of amides is 1. The fourth-order valence-electron chi connectivity index (χ4n) is 1.49. The molecule has 1 aromatic rings. The van der Waals surface area contributed by atoms with Crippen molar-refractivity contribution in [2.24, 2.45) is 0 Å². The van der Waals surface area contributed by atoms with Crippen LogP contribution in [0.5, 0.6) is 5.75 Å². The summed E-state index contributed by atoms with van der Waals surface area (Å²) in [5.41, 5.74) is 1.10. The molecular weight excluding hydrogens is 216 g/mol.